The van der Waals surface area contributed by atoms with Crippen molar-refractivity contribution in [2.75, 3.05) is 26.8 Å². The first-order chi connectivity index (χ1) is 47.7. The molecule has 0 bridgehead atoms. The fourth-order valence-corrected chi connectivity index (χ4v) is 10.9. The van der Waals surface area contributed by atoms with Crippen molar-refractivity contribution in [2.24, 2.45) is 5.73 Å². The normalized spacial score (nSPS) is 11.6. The van der Waals surface area contributed by atoms with E-state index in [0.717, 1.165) is 88.3 Å². The predicted molar refractivity (Wildman–Crippen MR) is 381 cm³/mol. The van der Waals surface area contributed by atoms with E-state index in [2.05, 4.69) is 46.6 Å². The second kappa shape index (κ2) is 58.8. The van der Waals surface area contributed by atoms with E-state index in [1.54, 1.807) is 0 Å². The van der Waals surface area contributed by atoms with Gasteiger partial charge in [-0.15, -0.1) is 0 Å². The number of aliphatic carboxylic acids is 1. The van der Waals surface area contributed by atoms with Crippen molar-refractivity contribution < 1.29 is 90.1 Å². The quantitative estimate of drug-likeness (QED) is 0.00782. The van der Waals surface area contributed by atoms with Crippen LogP contribution >= 0.6 is 0 Å². The molecule has 100 heavy (non-hydrogen) atoms. The third kappa shape index (κ3) is 47.3. The van der Waals surface area contributed by atoms with Gasteiger partial charge in [0.05, 0.1) is 8.52 Å². The number of benzene rings is 3. The van der Waals surface area contributed by atoms with Crippen LogP contribution in [-0.2, 0) is 47.8 Å². The molecule has 5 N–H and O–H groups in total. The molecule has 16 nitrogen and oxygen atoms in total. The number of hydrogen-bond donors (Lipinski definition) is 4. The van der Waals surface area contributed by atoms with Gasteiger partial charge in [0.25, 0.3) is 0 Å². The van der Waals surface area contributed by atoms with Gasteiger partial charge in [-0.3, -0.25) is 28.4 Å². The first-order valence-electron chi connectivity index (χ1n) is 36.7. The van der Waals surface area contributed by atoms with E-state index >= 15 is 0 Å². The fourth-order valence-electron chi connectivity index (χ4n) is 10.9. The first kappa shape index (κ1) is 93.2. The molecular weight excluding hydrogens is 1300 g/mol. The summed E-state index contributed by atoms with van der Waals surface area (Å²) in [4.78, 5) is 85.5. The van der Waals surface area contributed by atoms with Crippen molar-refractivity contribution in [3.05, 3.63) is 88.7 Å². The van der Waals surface area contributed by atoms with Crippen LogP contribution in [0.2, 0.25) is 0 Å². The molecule has 0 saturated heterocycles. The maximum Gasteiger partial charge on any atom is 0.407 e. The number of rotatable bonds is 46. The zero-order valence-corrected chi connectivity index (χ0v) is 60.5. The summed E-state index contributed by atoms with van der Waals surface area (Å²) in [6.07, 6.45) is 37.4. The van der Waals surface area contributed by atoms with E-state index in [1.807, 2.05) is 65.8 Å². The van der Waals surface area contributed by atoms with Crippen molar-refractivity contribution in [3.63, 3.8) is 0 Å². The summed E-state index contributed by atoms with van der Waals surface area (Å²) in [7, 11) is -1.00. The highest BCUT2D eigenvalue weighted by Crippen LogP contribution is 2.44. The van der Waals surface area contributed by atoms with E-state index in [4.69, 9.17) is 36.0 Å². The highest BCUT2D eigenvalue weighted by Gasteiger charge is 2.30. The topological polar surface area (TPSA) is 244 Å². The van der Waals surface area contributed by atoms with Crippen LogP contribution in [0.25, 0.3) is 11.1 Å². The van der Waals surface area contributed by atoms with Crippen molar-refractivity contribution in [3.8, 4) is 16.9 Å². The Morgan fingerprint density at radius 3 is 1.18 bits per heavy atom. The molecule has 2 amide bonds. The Morgan fingerprint density at radius 1 is 0.510 bits per heavy atom. The third-order valence-corrected chi connectivity index (χ3v) is 16.0. The maximum atomic E-state index is 13.5. The Morgan fingerprint density at radius 2 is 0.830 bits per heavy atom. The van der Waals surface area contributed by atoms with Gasteiger partial charge in [-0.1, -0.05) is 230 Å². The molecule has 0 heterocycles. The number of hydrogen-bond acceptors (Lipinski definition) is 13. The maximum absolute atomic E-state index is 13.5. The van der Waals surface area contributed by atoms with Crippen LogP contribution < -0.4 is 21.1 Å². The van der Waals surface area contributed by atoms with Gasteiger partial charge < -0.3 is 40.4 Å². The lowest BCUT2D eigenvalue weighted by atomic mass is 9.98. The average molecular weight is 1430 g/mol. The minimum atomic E-state index is -2.29. The lowest BCUT2D eigenvalue weighted by molar-refractivity contribution is -0.192. The van der Waals surface area contributed by atoms with Crippen LogP contribution in [0.4, 0.5) is 31.1 Å². The number of carboxylic acids is 1. The first-order valence-corrected chi connectivity index (χ1v) is 36.0. The molecule has 0 aromatic heterocycles. The average Bonchev–Trinajstić information content (AvgIpc) is 1.64. The molecule has 3 aromatic rings. The standard InChI is InChI=1S/C28H41F5O4.C27H53NO3.C20H22N2O4.CH3F.CO2.CH4/c1-28(2,3)37-21(35)19-17-15-13-11-9-7-5-4-6-8-10-12-14-16-18-20(34)36-27-25(32)23(30)22(29)24(31)26(27)33;1-5-6-21-24-28-25(29)22-19-17-15-13-11-9-7-8-10-12-14-16-18-20-23-26(30)31-27(2,3)4;21-18(19(23)24)10-5-11-22-20(25)26-12-17-15-8-3-1-6-13(15)14-7-2-4-9-16(14)17;1-2;2-1-3;/h4-19H2,1-3H3;5-24H2,1-4H3,(H,28,29);1-4,6-9,17-18H,5,10-12,21H2,(H,22,25)(H,23,24);1H3;;1H4/t;;18-;;;/m..0.../s1/i;;;1D;;. The number of nitrogens with two attached hydrogens (primary N) is 1. The van der Waals surface area contributed by atoms with Crippen LogP contribution in [0.5, 0.6) is 5.75 Å². The van der Waals surface area contributed by atoms with Gasteiger partial charge in [-0.05, 0) is 109 Å². The van der Waals surface area contributed by atoms with E-state index < -0.39 is 71.7 Å². The summed E-state index contributed by atoms with van der Waals surface area (Å²) >= 11 is 0. The Bertz CT molecular complexity index is 2700. The number of amides is 2. The number of carboxylic acid groups (broad SMARTS) is 1. The van der Waals surface area contributed by atoms with Gasteiger partial charge in [-0.2, -0.15) is 18.4 Å². The Hall–Kier alpha value is -6.80. The van der Waals surface area contributed by atoms with E-state index in [9.17, 15) is 55.1 Å². The molecule has 1 aliphatic rings. The molecule has 22 heteroatoms. The number of carbonyl (C=O) groups excluding carboxylic acids is 7. The molecule has 0 radical (unpaired) electrons. The third-order valence-electron chi connectivity index (χ3n) is 16.0. The van der Waals surface area contributed by atoms with Crippen LogP contribution in [-0.4, -0.2) is 91.2 Å². The molecule has 3 aromatic carbocycles. The number of halogens is 6. The number of alkyl halides is 1. The molecule has 0 saturated carbocycles. The molecule has 1 aliphatic carbocycles. The Kier molecular flexibility index (Phi) is 54.8. The second-order valence-electron chi connectivity index (χ2n) is 26.9. The van der Waals surface area contributed by atoms with Crippen LogP contribution in [0.15, 0.2) is 48.5 Å². The molecule has 570 valence electrons. The van der Waals surface area contributed by atoms with Crippen LogP contribution in [0.3, 0.4) is 0 Å². The lowest BCUT2D eigenvalue weighted by Crippen LogP contribution is -2.32. The monoisotopic (exact) mass is 1420 g/mol. The lowest BCUT2D eigenvalue weighted by Gasteiger charge is -2.19. The van der Waals surface area contributed by atoms with Crippen molar-refractivity contribution in [1.29, 1.82) is 0 Å². The molecule has 0 unspecified atom stereocenters. The van der Waals surface area contributed by atoms with E-state index in [1.165, 1.54) is 127 Å². The molecular formula is C78H123F6N3O13. The second-order valence-corrected chi connectivity index (χ2v) is 26.9. The predicted octanol–water partition coefficient (Wildman–Crippen LogP) is 20.1. The summed E-state index contributed by atoms with van der Waals surface area (Å²) in [5, 5.41) is 14.4. The van der Waals surface area contributed by atoms with Gasteiger partial charge in [0.2, 0.25) is 40.7 Å². The Labute approximate surface area is 595 Å². The zero-order valence-electron chi connectivity index (χ0n) is 61.5. The molecule has 0 aliphatic heterocycles. The van der Waals surface area contributed by atoms with Crippen molar-refractivity contribution >= 4 is 42.0 Å². The van der Waals surface area contributed by atoms with Crippen LogP contribution in [0.1, 0.15) is 312 Å². The largest absolute Gasteiger partial charge is 0.480 e. The zero-order chi connectivity index (χ0) is 75.0. The Balaban J connectivity index is 0. The van der Waals surface area contributed by atoms with Gasteiger partial charge >= 0.3 is 36.1 Å². The number of carbonyl (C=O) groups is 6. The minimum Gasteiger partial charge on any atom is -0.480 e. The van der Waals surface area contributed by atoms with Gasteiger partial charge in [-0.25, -0.2) is 18.0 Å². The van der Waals surface area contributed by atoms with Crippen LogP contribution in [0, 0.1) is 29.1 Å². The minimum absolute atomic E-state index is 0. The smallest absolute Gasteiger partial charge is 0.407 e. The SMILES string of the molecule is C.CC(C)(C)OC(=O)CCCCCCCCCCCCCCCCC(=O)Oc1c(F)c(F)c(F)c(F)c1F.CCCCCNC(=O)CCCCCCCCCCCCCCCCC(=O)OC(C)(C)C.N[C@@H](CCCNC(=O)OCC1c2ccccc2-c2ccccc21)C(=O)O.O=C=O.[2H]CF. The molecule has 0 fully saturated rings. The van der Waals surface area contributed by atoms with Gasteiger partial charge in [0, 0.05) is 44.7 Å². The van der Waals surface area contributed by atoms with E-state index in [0.29, 0.717) is 51.5 Å². The number of ether oxygens (including phenoxy) is 4. The summed E-state index contributed by atoms with van der Waals surface area (Å²) in [6, 6.07) is 15.4. The number of fused-ring (bicyclic) bond motifs is 3. The van der Waals surface area contributed by atoms with Gasteiger partial charge in [0.15, 0.2) is 0 Å². The number of alkyl carbamates (subject to hydrolysis) is 1. The summed E-state index contributed by atoms with van der Waals surface area (Å²) < 4.78 is 102. The number of unbranched alkanes of at least 4 members (excludes halogenated alkanes) is 28. The van der Waals surface area contributed by atoms with Gasteiger partial charge in [0.1, 0.15) is 23.9 Å². The highest BCUT2D eigenvalue weighted by molar-refractivity contribution is 5.79. The summed E-state index contributed by atoms with van der Waals surface area (Å²) in [6.45, 7) is 15.0. The summed E-state index contributed by atoms with van der Waals surface area (Å²) in [5.74, 6) is -14.4. The summed E-state index contributed by atoms with van der Waals surface area (Å²) in [5.41, 5.74) is 9.33. The number of nitrogens with one attached hydrogen (secondary N) is 2. The number of esters is 3. The molecule has 0 spiro atoms. The fraction of sp³-hybridized carbons (Fsp3) is 0.679. The highest BCUT2D eigenvalue weighted by atomic mass is 19.2. The molecule has 1 atom stereocenters. The van der Waals surface area contributed by atoms with E-state index in [-0.39, 0.29) is 56.0 Å². The molecule has 4 rings (SSSR count). The van der Waals surface area contributed by atoms with Crippen molar-refractivity contribution in [1.82, 2.24) is 10.6 Å². The van der Waals surface area contributed by atoms with Crippen molar-refractivity contribution in [2.45, 2.75) is 317 Å².